The van der Waals surface area contributed by atoms with Crippen molar-refractivity contribution >= 4 is 11.6 Å². The minimum absolute atomic E-state index is 0.176. The lowest BCUT2D eigenvalue weighted by atomic mass is 9.95. The number of likely N-dealkylation sites (tertiary alicyclic amines) is 1. The Hall–Kier alpha value is -1.88. The molecular weight excluding hydrogens is 329 g/mol. The number of hydrogen-bond donors (Lipinski definition) is 0. The number of benzene rings is 1. The topological polar surface area (TPSA) is 26.8 Å². The molecule has 0 atom stereocenters. The molecule has 0 aliphatic carbocycles. The molecule has 142 valence electrons. The van der Waals surface area contributed by atoms with Gasteiger partial charge in [-0.15, -0.1) is 0 Å². The van der Waals surface area contributed by atoms with Crippen LogP contribution in [0.5, 0.6) is 0 Å². The van der Waals surface area contributed by atoms with Crippen molar-refractivity contribution in [1.29, 1.82) is 0 Å². The standard InChI is InChI=1S/C21H30FN3O/c1-17(2)7-10-23-11-8-18(9-12-23)21(26)25-15-13-24(14-16-25)20-5-3-19(22)4-6-20/h3-7,18H,8-16H2,1-2H3. The van der Waals surface area contributed by atoms with E-state index in [9.17, 15) is 9.18 Å². The number of nitrogens with zero attached hydrogens (tertiary/aromatic N) is 3. The highest BCUT2D eigenvalue weighted by molar-refractivity contribution is 5.79. The van der Waals surface area contributed by atoms with Crippen LogP contribution in [0.4, 0.5) is 10.1 Å². The van der Waals surface area contributed by atoms with E-state index in [1.54, 1.807) is 0 Å². The summed E-state index contributed by atoms with van der Waals surface area (Å²) in [5, 5.41) is 0. The molecule has 4 nitrogen and oxygen atoms in total. The fraction of sp³-hybridized carbons (Fsp3) is 0.571. The minimum Gasteiger partial charge on any atom is -0.368 e. The second-order valence-electron chi connectivity index (χ2n) is 7.65. The van der Waals surface area contributed by atoms with Crippen LogP contribution in [0.15, 0.2) is 35.9 Å². The normalized spacial score (nSPS) is 19.5. The van der Waals surface area contributed by atoms with Crippen LogP contribution in [0.3, 0.4) is 0 Å². The molecule has 1 aromatic rings. The van der Waals surface area contributed by atoms with Crippen molar-refractivity contribution in [2.45, 2.75) is 26.7 Å². The quantitative estimate of drug-likeness (QED) is 0.773. The summed E-state index contributed by atoms with van der Waals surface area (Å²) in [4.78, 5) is 19.5. The van der Waals surface area contributed by atoms with Crippen LogP contribution in [-0.4, -0.2) is 61.5 Å². The summed E-state index contributed by atoms with van der Waals surface area (Å²) in [5.41, 5.74) is 2.38. The van der Waals surface area contributed by atoms with Gasteiger partial charge in [0.1, 0.15) is 5.82 Å². The van der Waals surface area contributed by atoms with E-state index in [0.717, 1.165) is 64.3 Å². The average molecular weight is 359 g/mol. The smallest absolute Gasteiger partial charge is 0.225 e. The van der Waals surface area contributed by atoms with Crippen LogP contribution < -0.4 is 4.90 Å². The number of halogens is 1. The SMILES string of the molecule is CC(C)=CCN1CCC(C(=O)N2CCN(c3ccc(F)cc3)CC2)CC1. The van der Waals surface area contributed by atoms with Gasteiger partial charge in [-0.2, -0.15) is 0 Å². The van der Waals surface area contributed by atoms with Gasteiger partial charge in [0.05, 0.1) is 0 Å². The second kappa shape index (κ2) is 8.67. The summed E-state index contributed by atoms with van der Waals surface area (Å²) in [6, 6.07) is 6.62. The van der Waals surface area contributed by atoms with Gasteiger partial charge in [0, 0.05) is 44.3 Å². The Morgan fingerprint density at radius 3 is 2.23 bits per heavy atom. The number of rotatable bonds is 4. The predicted molar refractivity (Wildman–Crippen MR) is 104 cm³/mol. The number of anilines is 1. The summed E-state index contributed by atoms with van der Waals surface area (Å²) < 4.78 is 13.1. The molecule has 2 fully saturated rings. The molecule has 2 aliphatic heterocycles. The second-order valence-corrected chi connectivity index (χ2v) is 7.65. The summed E-state index contributed by atoms with van der Waals surface area (Å²) in [6.45, 7) is 10.4. The molecule has 0 spiro atoms. The van der Waals surface area contributed by atoms with E-state index in [-0.39, 0.29) is 11.7 Å². The summed E-state index contributed by atoms with van der Waals surface area (Å²) >= 11 is 0. The van der Waals surface area contributed by atoms with Crippen LogP contribution in [-0.2, 0) is 4.79 Å². The third-order valence-corrected chi connectivity index (χ3v) is 5.48. The van der Waals surface area contributed by atoms with E-state index >= 15 is 0 Å². The van der Waals surface area contributed by atoms with Crippen molar-refractivity contribution < 1.29 is 9.18 Å². The molecule has 0 unspecified atom stereocenters. The van der Waals surface area contributed by atoms with E-state index < -0.39 is 0 Å². The molecule has 3 rings (SSSR count). The Kier molecular flexibility index (Phi) is 6.30. The van der Waals surface area contributed by atoms with Gasteiger partial charge in [0.25, 0.3) is 0 Å². The van der Waals surface area contributed by atoms with Gasteiger partial charge < -0.3 is 9.80 Å². The Bertz CT molecular complexity index is 623. The molecule has 2 heterocycles. The van der Waals surface area contributed by atoms with Crippen LogP contribution in [0.2, 0.25) is 0 Å². The van der Waals surface area contributed by atoms with Crippen LogP contribution >= 0.6 is 0 Å². The van der Waals surface area contributed by atoms with E-state index in [2.05, 4.69) is 29.7 Å². The molecule has 0 saturated carbocycles. The van der Waals surface area contributed by atoms with Crippen LogP contribution in [0.1, 0.15) is 26.7 Å². The van der Waals surface area contributed by atoms with Gasteiger partial charge in [-0.3, -0.25) is 9.69 Å². The van der Waals surface area contributed by atoms with Gasteiger partial charge in [0.2, 0.25) is 5.91 Å². The zero-order valence-corrected chi connectivity index (χ0v) is 16.0. The van der Waals surface area contributed by atoms with Gasteiger partial charge in [-0.05, 0) is 64.0 Å². The lowest BCUT2D eigenvalue weighted by Gasteiger charge is -2.39. The maximum absolute atomic E-state index is 13.1. The molecule has 1 aromatic carbocycles. The van der Waals surface area contributed by atoms with Crippen molar-refractivity contribution in [2.24, 2.45) is 5.92 Å². The van der Waals surface area contributed by atoms with Crippen molar-refractivity contribution in [1.82, 2.24) is 9.80 Å². The molecule has 5 heteroatoms. The predicted octanol–water partition coefficient (Wildman–Crippen LogP) is 3.15. The van der Waals surface area contributed by atoms with Gasteiger partial charge in [-0.1, -0.05) is 11.6 Å². The highest BCUT2D eigenvalue weighted by Gasteiger charge is 2.30. The number of allylic oxidation sites excluding steroid dienone is 1. The number of carbonyl (C=O) groups is 1. The fourth-order valence-electron chi connectivity index (χ4n) is 3.77. The number of piperidine rings is 1. The largest absolute Gasteiger partial charge is 0.368 e. The minimum atomic E-state index is -0.210. The van der Waals surface area contributed by atoms with E-state index in [0.29, 0.717) is 5.91 Å². The first-order valence-corrected chi connectivity index (χ1v) is 9.68. The molecule has 0 radical (unpaired) electrons. The first kappa shape index (κ1) is 18.9. The van der Waals surface area contributed by atoms with Crippen molar-refractivity contribution in [3.63, 3.8) is 0 Å². The van der Waals surface area contributed by atoms with Crippen molar-refractivity contribution in [2.75, 3.05) is 50.7 Å². The van der Waals surface area contributed by atoms with E-state index in [1.807, 2.05) is 17.0 Å². The Balaban J connectivity index is 1.45. The van der Waals surface area contributed by atoms with Gasteiger partial charge in [0.15, 0.2) is 0 Å². The first-order chi connectivity index (χ1) is 12.5. The molecule has 2 saturated heterocycles. The number of amides is 1. The van der Waals surface area contributed by atoms with Gasteiger partial charge in [-0.25, -0.2) is 4.39 Å². The highest BCUT2D eigenvalue weighted by atomic mass is 19.1. The molecule has 26 heavy (non-hydrogen) atoms. The van der Waals surface area contributed by atoms with E-state index in [1.165, 1.54) is 17.7 Å². The van der Waals surface area contributed by atoms with Crippen LogP contribution in [0, 0.1) is 11.7 Å². The Morgan fingerprint density at radius 2 is 1.65 bits per heavy atom. The Morgan fingerprint density at radius 1 is 1.04 bits per heavy atom. The first-order valence-electron chi connectivity index (χ1n) is 9.68. The van der Waals surface area contributed by atoms with Crippen LogP contribution in [0.25, 0.3) is 0 Å². The molecule has 2 aliphatic rings. The van der Waals surface area contributed by atoms with Crippen molar-refractivity contribution in [3.05, 3.63) is 41.7 Å². The number of hydrogen-bond acceptors (Lipinski definition) is 3. The zero-order valence-electron chi connectivity index (χ0n) is 16.0. The summed E-state index contributed by atoms with van der Waals surface area (Å²) in [5.74, 6) is 0.291. The van der Waals surface area contributed by atoms with E-state index in [4.69, 9.17) is 0 Å². The van der Waals surface area contributed by atoms with Crippen molar-refractivity contribution in [3.8, 4) is 0 Å². The molecule has 0 aromatic heterocycles. The lowest BCUT2D eigenvalue weighted by Crippen LogP contribution is -2.51. The third-order valence-electron chi connectivity index (χ3n) is 5.48. The fourth-order valence-corrected chi connectivity index (χ4v) is 3.77. The molecular formula is C21H30FN3O. The van der Waals surface area contributed by atoms with Gasteiger partial charge >= 0.3 is 0 Å². The highest BCUT2D eigenvalue weighted by Crippen LogP contribution is 2.22. The number of piperazine rings is 1. The average Bonchev–Trinajstić information content (AvgIpc) is 2.67. The molecule has 1 amide bonds. The number of carbonyl (C=O) groups excluding carboxylic acids is 1. The maximum Gasteiger partial charge on any atom is 0.225 e. The lowest BCUT2D eigenvalue weighted by molar-refractivity contribution is -0.137. The summed E-state index contributed by atoms with van der Waals surface area (Å²) in [7, 11) is 0. The maximum atomic E-state index is 13.1. The summed E-state index contributed by atoms with van der Waals surface area (Å²) in [6.07, 6.45) is 4.19. The Labute approximate surface area is 156 Å². The molecule has 0 N–H and O–H groups in total. The monoisotopic (exact) mass is 359 g/mol. The molecule has 0 bridgehead atoms. The zero-order chi connectivity index (χ0) is 18.5. The third kappa shape index (κ3) is 4.85.